The van der Waals surface area contributed by atoms with E-state index in [9.17, 15) is 8.78 Å². The molecule has 0 atom stereocenters. The van der Waals surface area contributed by atoms with Crippen LogP contribution in [0.2, 0.25) is 0 Å². The van der Waals surface area contributed by atoms with Crippen molar-refractivity contribution in [3.05, 3.63) is 23.5 Å². The molecule has 3 N–H and O–H groups in total. The van der Waals surface area contributed by atoms with Gasteiger partial charge in [0.15, 0.2) is 0 Å². The molecular formula is C7H8F2N2O. The van der Waals surface area contributed by atoms with Crippen molar-refractivity contribution in [1.82, 2.24) is 4.98 Å². The third-order valence-corrected chi connectivity index (χ3v) is 1.51. The van der Waals surface area contributed by atoms with Gasteiger partial charge in [0.25, 0.3) is 6.43 Å². The second kappa shape index (κ2) is 3.44. The number of nitrogens with zero attached hydrogens (tertiary/aromatic N) is 1. The van der Waals surface area contributed by atoms with Crippen LogP contribution in [0.4, 0.5) is 8.78 Å². The molecule has 0 aliphatic carbocycles. The number of pyridine rings is 1. The van der Waals surface area contributed by atoms with Gasteiger partial charge in [-0.3, -0.25) is 4.98 Å². The van der Waals surface area contributed by atoms with E-state index in [4.69, 9.17) is 10.8 Å². The Balaban J connectivity index is 3.18. The van der Waals surface area contributed by atoms with E-state index in [2.05, 4.69) is 4.98 Å². The lowest BCUT2D eigenvalue weighted by Crippen LogP contribution is -2.03. The molecule has 1 aromatic heterocycles. The van der Waals surface area contributed by atoms with Crippen molar-refractivity contribution < 1.29 is 13.9 Å². The zero-order chi connectivity index (χ0) is 9.14. The van der Waals surface area contributed by atoms with Gasteiger partial charge in [0.05, 0.1) is 6.20 Å². The van der Waals surface area contributed by atoms with E-state index in [-0.39, 0.29) is 23.4 Å². The second-order valence-corrected chi connectivity index (χ2v) is 2.23. The summed E-state index contributed by atoms with van der Waals surface area (Å²) in [4.78, 5) is 3.43. The summed E-state index contributed by atoms with van der Waals surface area (Å²) in [5.41, 5.74) is 4.92. The molecule has 1 aromatic rings. The Hall–Kier alpha value is -1.23. The number of aromatic nitrogens is 1. The normalized spacial score (nSPS) is 10.7. The third kappa shape index (κ3) is 1.50. The molecule has 0 bridgehead atoms. The zero-order valence-corrected chi connectivity index (χ0v) is 6.17. The fourth-order valence-corrected chi connectivity index (χ4v) is 0.902. The monoisotopic (exact) mass is 174 g/mol. The molecule has 0 fully saturated rings. The van der Waals surface area contributed by atoms with Gasteiger partial charge in [0.2, 0.25) is 0 Å². The van der Waals surface area contributed by atoms with Crippen molar-refractivity contribution in [2.45, 2.75) is 13.0 Å². The van der Waals surface area contributed by atoms with Gasteiger partial charge in [-0.2, -0.15) is 0 Å². The zero-order valence-electron chi connectivity index (χ0n) is 6.17. The van der Waals surface area contributed by atoms with E-state index in [0.717, 1.165) is 12.4 Å². The predicted octanol–water partition coefficient (Wildman–Crippen LogP) is 1.18. The first-order valence-corrected chi connectivity index (χ1v) is 3.30. The molecule has 0 saturated carbocycles. The Kier molecular flexibility index (Phi) is 2.54. The average molecular weight is 174 g/mol. The number of aromatic hydroxyl groups is 1. The summed E-state index contributed by atoms with van der Waals surface area (Å²) in [7, 11) is 0. The van der Waals surface area contributed by atoms with Crippen LogP contribution in [0.3, 0.4) is 0 Å². The van der Waals surface area contributed by atoms with E-state index in [0.29, 0.717) is 0 Å². The largest absolute Gasteiger partial charge is 0.506 e. The average Bonchev–Trinajstić information content (AvgIpc) is 2.03. The molecule has 12 heavy (non-hydrogen) atoms. The van der Waals surface area contributed by atoms with E-state index >= 15 is 0 Å². The fourth-order valence-electron chi connectivity index (χ4n) is 0.902. The Labute approximate surface area is 67.8 Å². The summed E-state index contributed by atoms with van der Waals surface area (Å²) >= 11 is 0. The Morgan fingerprint density at radius 1 is 1.50 bits per heavy atom. The maximum absolute atomic E-state index is 12.2. The van der Waals surface area contributed by atoms with Crippen LogP contribution in [0.25, 0.3) is 0 Å². The van der Waals surface area contributed by atoms with Crippen molar-refractivity contribution in [2.24, 2.45) is 5.73 Å². The molecule has 3 nitrogen and oxygen atoms in total. The minimum absolute atomic E-state index is 0.0556. The summed E-state index contributed by atoms with van der Waals surface area (Å²) in [5, 5.41) is 9.06. The quantitative estimate of drug-likeness (QED) is 0.707. The Morgan fingerprint density at radius 3 is 2.58 bits per heavy atom. The van der Waals surface area contributed by atoms with Crippen molar-refractivity contribution in [3.63, 3.8) is 0 Å². The highest BCUT2D eigenvalue weighted by molar-refractivity contribution is 5.36. The Bertz CT molecular complexity index is 278. The molecule has 0 spiro atoms. The first kappa shape index (κ1) is 8.86. The fraction of sp³-hybridized carbons (Fsp3) is 0.286. The van der Waals surface area contributed by atoms with E-state index < -0.39 is 6.43 Å². The van der Waals surface area contributed by atoms with Crippen molar-refractivity contribution in [1.29, 1.82) is 0 Å². The van der Waals surface area contributed by atoms with Crippen LogP contribution in [0, 0.1) is 0 Å². The molecule has 1 heterocycles. The highest BCUT2D eigenvalue weighted by Crippen LogP contribution is 2.27. The minimum atomic E-state index is -2.65. The van der Waals surface area contributed by atoms with Gasteiger partial charge in [0.1, 0.15) is 5.75 Å². The standard InChI is InChI=1S/C7H8F2N2O/c8-7(9)5-2-11-3-6(12)4(5)1-10/h2-3,7,12H,1,10H2. The maximum atomic E-state index is 12.2. The Morgan fingerprint density at radius 2 is 2.17 bits per heavy atom. The van der Waals surface area contributed by atoms with Crippen LogP contribution in [-0.2, 0) is 6.54 Å². The SMILES string of the molecule is NCc1c(O)cncc1C(F)F. The number of hydrogen-bond donors (Lipinski definition) is 2. The first-order chi connectivity index (χ1) is 5.66. The van der Waals surface area contributed by atoms with Crippen molar-refractivity contribution >= 4 is 0 Å². The highest BCUT2D eigenvalue weighted by atomic mass is 19.3. The van der Waals surface area contributed by atoms with Crippen LogP contribution in [0.5, 0.6) is 5.75 Å². The highest BCUT2D eigenvalue weighted by Gasteiger charge is 2.14. The van der Waals surface area contributed by atoms with Gasteiger partial charge in [-0.1, -0.05) is 0 Å². The van der Waals surface area contributed by atoms with Crippen LogP contribution in [-0.4, -0.2) is 10.1 Å². The van der Waals surface area contributed by atoms with Crippen LogP contribution in [0.15, 0.2) is 12.4 Å². The number of hydrogen-bond acceptors (Lipinski definition) is 3. The third-order valence-electron chi connectivity index (χ3n) is 1.51. The number of nitrogens with two attached hydrogens (primary N) is 1. The summed E-state index contributed by atoms with van der Waals surface area (Å²) < 4.78 is 24.4. The van der Waals surface area contributed by atoms with Crippen molar-refractivity contribution in [3.8, 4) is 5.75 Å². The number of halogens is 2. The van der Waals surface area contributed by atoms with Gasteiger partial charge in [-0.05, 0) is 0 Å². The molecule has 1 rings (SSSR count). The maximum Gasteiger partial charge on any atom is 0.265 e. The van der Waals surface area contributed by atoms with E-state index in [1.807, 2.05) is 0 Å². The predicted molar refractivity (Wildman–Crippen MR) is 38.8 cm³/mol. The molecule has 0 aliphatic heterocycles. The van der Waals surface area contributed by atoms with Gasteiger partial charge in [-0.25, -0.2) is 8.78 Å². The summed E-state index contributed by atoms with van der Waals surface area (Å²) in [6, 6.07) is 0. The molecule has 0 saturated heterocycles. The van der Waals surface area contributed by atoms with Crippen molar-refractivity contribution in [2.75, 3.05) is 0 Å². The topological polar surface area (TPSA) is 59.1 Å². The molecule has 66 valence electrons. The molecule has 0 aromatic carbocycles. The smallest absolute Gasteiger partial charge is 0.265 e. The molecule has 5 heteroatoms. The van der Waals surface area contributed by atoms with Crippen LogP contribution < -0.4 is 5.73 Å². The molecule has 0 radical (unpaired) electrons. The van der Waals surface area contributed by atoms with Gasteiger partial charge >= 0.3 is 0 Å². The number of rotatable bonds is 2. The lowest BCUT2D eigenvalue weighted by Gasteiger charge is -2.06. The van der Waals surface area contributed by atoms with E-state index in [1.54, 1.807) is 0 Å². The summed E-state index contributed by atoms with van der Waals surface area (Å²) in [5.74, 6) is -0.282. The van der Waals surface area contributed by atoms with Crippen LogP contribution in [0.1, 0.15) is 17.6 Å². The lowest BCUT2D eigenvalue weighted by atomic mass is 10.1. The molecule has 0 unspecified atom stereocenters. The molecule has 0 amide bonds. The summed E-state index contributed by atoms with van der Waals surface area (Å²) in [6.07, 6.45) is -0.552. The molecular weight excluding hydrogens is 166 g/mol. The van der Waals surface area contributed by atoms with Gasteiger partial charge in [-0.15, -0.1) is 0 Å². The molecule has 0 aliphatic rings. The first-order valence-electron chi connectivity index (χ1n) is 3.30. The lowest BCUT2D eigenvalue weighted by molar-refractivity contribution is 0.149. The second-order valence-electron chi connectivity index (χ2n) is 2.23. The summed E-state index contributed by atoms with van der Waals surface area (Å²) in [6.45, 7) is -0.117. The minimum Gasteiger partial charge on any atom is -0.506 e. The van der Waals surface area contributed by atoms with Gasteiger partial charge in [0, 0.05) is 23.9 Å². The number of alkyl halides is 2. The van der Waals surface area contributed by atoms with E-state index in [1.165, 1.54) is 0 Å². The van der Waals surface area contributed by atoms with Gasteiger partial charge < -0.3 is 10.8 Å². The van der Waals surface area contributed by atoms with Crippen LogP contribution >= 0.6 is 0 Å².